The number of halogens is 1. The van der Waals surface area contributed by atoms with Gasteiger partial charge in [-0.2, -0.15) is 0 Å². The van der Waals surface area contributed by atoms with E-state index in [1.54, 1.807) is 12.1 Å². The molecule has 0 aliphatic carbocycles. The number of rotatable bonds is 2. The zero-order chi connectivity index (χ0) is 12.4. The van der Waals surface area contributed by atoms with E-state index in [9.17, 15) is 4.39 Å². The van der Waals surface area contributed by atoms with E-state index in [-0.39, 0.29) is 5.82 Å². The van der Waals surface area contributed by atoms with Crippen molar-refractivity contribution in [3.8, 4) is 5.69 Å². The van der Waals surface area contributed by atoms with E-state index in [4.69, 9.17) is 5.21 Å². The van der Waals surface area contributed by atoms with Crippen LogP contribution < -0.4 is 0 Å². The van der Waals surface area contributed by atoms with Crippen molar-refractivity contribution in [3.63, 3.8) is 0 Å². The van der Waals surface area contributed by atoms with Crippen molar-refractivity contribution in [1.82, 2.24) is 4.57 Å². The van der Waals surface area contributed by atoms with Gasteiger partial charge in [0.1, 0.15) is 5.82 Å². The number of hydrogen-bond acceptors (Lipinski definition) is 2. The molecule has 0 spiro atoms. The van der Waals surface area contributed by atoms with Crippen LogP contribution in [0.3, 0.4) is 0 Å². The molecule has 0 bridgehead atoms. The monoisotopic (exact) mass is 232 g/mol. The fourth-order valence-electron chi connectivity index (χ4n) is 1.97. The Hall–Kier alpha value is -2.10. The summed E-state index contributed by atoms with van der Waals surface area (Å²) in [5.41, 5.74) is 3.68. The number of nitrogens with zero attached hydrogens (tertiary/aromatic N) is 2. The maximum Gasteiger partial charge on any atom is 0.123 e. The second kappa shape index (κ2) is 4.41. The largest absolute Gasteiger partial charge is 0.411 e. The van der Waals surface area contributed by atoms with Gasteiger partial charge >= 0.3 is 0 Å². The number of aryl methyl sites for hydroxylation is 1. The summed E-state index contributed by atoms with van der Waals surface area (Å²) in [4.78, 5) is 0. The lowest BCUT2D eigenvalue weighted by atomic mass is 10.2. The molecule has 1 heterocycles. The third-order valence-corrected chi connectivity index (χ3v) is 2.75. The Balaban J connectivity index is 2.55. The second-order valence-corrected chi connectivity index (χ2v) is 3.88. The van der Waals surface area contributed by atoms with E-state index in [1.165, 1.54) is 18.3 Å². The predicted molar refractivity (Wildman–Crippen MR) is 64.6 cm³/mol. The highest BCUT2D eigenvalue weighted by atomic mass is 19.1. The zero-order valence-corrected chi connectivity index (χ0v) is 9.68. The van der Waals surface area contributed by atoms with E-state index in [0.717, 1.165) is 22.6 Å². The third kappa shape index (κ3) is 2.06. The maximum absolute atomic E-state index is 12.9. The summed E-state index contributed by atoms with van der Waals surface area (Å²) in [5, 5.41) is 11.6. The summed E-state index contributed by atoms with van der Waals surface area (Å²) in [5.74, 6) is -0.256. The summed E-state index contributed by atoms with van der Waals surface area (Å²) in [7, 11) is 0. The van der Waals surface area contributed by atoms with Crippen LogP contribution in [-0.2, 0) is 0 Å². The molecule has 3 nitrogen and oxygen atoms in total. The van der Waals surface area contributed by atoms with E-state index in [0.29, 0.717) is 0 Å². The van der Waals surface area contributed by atoms with Crippen molar-refractivity contribution in [3.05, 3.63) is 53.1 Å². The molecule has 0 amide bonds. The minimum atomic E-state index is -0.256. The average molecular weight is 232 g/mol. The Morgan fingerprint density at radius 3 is 2.47 bits per heavy atom. The predicted octanol–water partition coefficient (Wildman–Crippen LogP) is 3.04. The molecule has 88 valence electrons. The van der Waals surface area contributed by atoms with Crippen LogP contribution >= 0.6 is 0 Å². The van der Waals surface area contributed by atoms with Gasteiger partial charge in [-0.1, -0.05) is 5.16 Å². The van der Waals surface area contributed by atoms with Gasteiger partial charge in [-0.25, -0.2) is 4.39 Å². The van der Waals surface area contributed by atoms with Crippen LogP contribution in [0.2, 0.25) is 0 Å². The molecule has 0 saturated heterocycles. The fraction of sp³-hybridized carbons (Fsp3) is 0.154. The van der Waals surface area contributed by atoms with Crippen molar-refractivity contribution >= 4 is 6.21 Å². The van der Waals surface area contributed by atoms with E-state index in [2.05, 4.69) is 5.16 Å². The van der Waals surface area contributed by atoms with Crippen LogP contribution in [0.1, 0.15) is 17.0 Å². The smallest absolute Gasteiger partial charge is 0.123 e. The zero-order valence-electron chi connectivity index (χ0n) is 9.68. The highest BCUT2D eigenvalue weighted by molar-refractivity contribution is 5.81. The van der Waals surface area contributed by atoms with Crippen molar-refractivity contribution in [2.24, 2.45) is 5.16 Å². The quantitative estimate of drug-likeness (QED) is 0.482. The van der Waals surface area contributed by atoms with Gasteiger partial charge in [-0.15, -0.1) is 0 Å². The first-order chi connectivity index (χ1) is 8.13. The van der Waals surface area contributed by atoms with Gasteiger partial charge in [0.15, 0.2) is 0 Å². The Kier molecular flexibility index (Phi) is 2.95. The average Bonchev–Trinajstić information content (AvgIpc) is 2.57. The number of oxime groups is 1. The molecule has 0 saturated carbocycles. The summed E-state index contributed by atoms with van der Waals surface area (Å²) in [6, 6.07) is 8.20. The standard InChI is InChI=1S/C13H13FN2O/c1-9-7-11(8-15-17)10(2)16(9)13-5-3-12(14)4-6-13/h3-8,17H,1-2H3/b15-8-. The number of aromatic nitrogens is 1. The fourth-order valence-corrected chi connectivity index (χ4v) is 1.97. The van der Waals surface area contributed by atoms with Gasteiger partial charge < -0.3 is 9.77 Å². The molecule has 0 atom stereocenters. The normalized spacial score (nSPS) is 11.2. The van der Waals surface area contributed by atoms with E-state index >= 15 is 0 Å². The van der Waals surface area contributed by atoms with Crippen molar-refractivity contribution < 1.29 is 9.60 Å². The number of benzene rings is 1. The molecule has 1 N–H and O–H groups in total. The lowest BCUT2D eigenvalue weighted by molar-refractivity contribution is 0.322. The Morgan fingerprint density at radius 1 is 1.24 bits per heavy atom. The lowest BCUT2D eigenvalue weighted by Crippen LogP contribution is -1.99. The molecule has 0 radical (unpaired) electrons. The molecule has 0 fully saturated rings. The van der Waals surface area contributed by atoms with Gasteiger partial charge in [0.25, 0.3) is 0 Å². The van der Waals surface area contributed by atoms with Gasteiger partial charge in [-0.05, 0) is 44.2 Å². The van der Waals surface area contributed by atoms with Crippen LogP contribution in [0.5, 0.6) is 0 Å². The van der Waals surface area contributed by atoms with Crippen molar-refractivity contribution in [2.45, 2.75) is 13.8 Å². The van der Waals surface area contributed by atoms with Gasteiger partial charge in [0.2, 0.25) is 0 Å². The third-order valence-electron chi connectivity index (χ3n) is 2.75. The molecule has 0 aliphatic rings. The summed E-state index contributed by atoms with van der Waals surface area (Å²) < 4.78 is 14.8. The first kappa shape index (κ1) is 11.4. The summed E-state index contributed by atoms with van der Waals surface area (Å²) in [6.45, 7) is 3.87. The molecule has 0 aliphatic heterocycles. The second-order valence-electron chi connectivity index (χ2n) is 3.88. The molecule has 1 aromatic carbocycles. The molecular weight excluding hydrogens is 219 g/mol. The Labute approximate surface area is 98.8 Å². The molecule has 2 rings (SSSR count). The van der Waals surface area contributed by atoms with Crippen LogP contribution in [0.4, 0.5) is 4.39 Å². The lowest BCUT2D eigenvalue weighted by Gasteiger charge is -2.09. The number of hydrogen-bond donors (Lipinski definition) is 1. The molecule has 17 heavy (non-hydrogen) atoms. The van der Waals surface area contributed by atoms with Crippen LogP contribution in [-0.4, -0.2) is 16.0 Å². The molecule has 0 unspecified atom stereocenters. The topological polar surface area (TPSA) is 37.5 Å². The van der Waals surface area contributed by atoms with Gasteiger partial charge in [-0.3, -0.25) is 0 Å². The van der Waals surface area contributed by atoms with Crippen molar-refractivity contribution in [2.75, 3.05) is 0 Å². The Morgan fingerprint density at radius 2 is 1.88 bits per heavy atom. The SMILES string of the molecule is Cc1cc(/C=N\O)c(C)n1-c1ccc(F)cc1. The van der Waals surface area contributed by atoms with Crippen LogP contribution in [0.15, 0.2) is 35.5 Å². The van der Waals surface area contributed by atoms with Crippen LogP contribution in [0.25, 0.3) is 5.69 Å². The van der Waals surface area contributed by atoms with E-state index in [1.807, 2.05) is 24.5 Å². The Bertz CT molecular complexity index is 556. The van der Waals surface area contributed by atoms with Gasteiger partial charge in [0, 0.05) is 22.6 Å². The first-order valence-electron chi connectivity index (χ1n) is 5.26. The molecular formula is C13H13FN2O. The summed E-state index contributed by atoms with van der Waals surface area (Å²) in [6.07, 6.45) is 1.39. The molecule has 4 heteroatoms. The van der Waals surface area contributed by atoms with Crippen LogP contribution in [0, 0.1) is 19.7 Å². The highest BCUT2D eigenvalue weighted by Gasteiger charge is 2.09. The van der Waals surface area contributed by atoms with Gasteiger partial charge in [0.05, 0.1) is 6.21 Å². The first-order valence-corrected chi connectivity index (χ1v) is 5.26. The maximum atomic E-state index is 12.9. The molecule has 1 aromatic heterocycles. The highest BCUT2D eigenvalue weighted by Crippen LogP contribution is 2.19. The minimum absolute atomic E-state index is 0.256. The molecule has 2 aromatic rings. The van der Waals surface area contributed by atoms with E-state index < -0.39 is 0 Å². The minimum Gasteiger partial charge on any atom is -0.411 e. The van der Waals surface area contributed by atoms with Crippen molar-refractivity contribution in [1.29, 1.82) is 0 Å². The summed E-state index contributed by atoms with van der Waals surface area (Å²) >= 11 is 0.